The van der Waals surface area contributed by atoms with Gasteiger partial charge in [0.25, 0.3) is 0 Å². The predicted octanol–water partition coefficient (Wildman–Crippen LogP) is 3.22. The Morgan fingerprint density at radius 1 is 1.35 bits per heavy atom. The monoisotopic (exact) mass is 320 g/mol. The Hall–Kier alpha value is -0.900. The van der Waals surface area contributed by atoms with E-state index in [0.717, 1.165) is 24.0 Å². The molecule has 0 saturated heterocycles. The van der Waals surface area contributed by atoms with Crippen molar-refractivity contribution < 1.29 is 15.3 Å². The van der Waals surface area contributed by atoms with Crippen LogP contribution in [0.4, 0.5) is 0 Å². The lowest BCUT2D eigenvalue weighted by atomic mass is 9.76. The maximum atomic E-state index is 11.0. The highest BCUT2D eigenvalue weighted by Gasteiger charge is 2.44. The molecule has 0 unspecified atom stereocenters. The average Bonchev–Trinajstić information content (AvgIpc) is 2.85. The van der Waals surface area contributed by atoms with Gasteiger partial charge in [-0.2, -0.15) is 0 Å². The molecule has 0 bridgehead atoms. The first-order chi connectivity index (χ1) is 10.7. The summed E-state index contributed by atoms with van der Waals surface area (Å²) < 4.78 is 0. The molecule has 3 heteroatoms. The number of hydrogen-bond donors (Lipinski definition) is 3. The molecule has 130 valence electrons. The fourth-order valence-corrected chi connectivity index (χ4v) is 4.31. The van der Waals surface area contributed by atoms with Gasteiger partial charge >= 0.3 is 0 Å². The van der Waals surface area contributed by atoms with E-state index in [1.165, 1.54) is 5.57 Å². The van der Waals surface area contributed by atoms with Crippen LogP contribution in [-0.2, 0) is 0 Å². The third-order valence-electron chi connectivity index (χ3n) is 6.05. The lowest BCUT2D eigenvalue weighted by molar-refractivity contribution is 0.0189. The standard InChI is InChI=1S/C20H32O3/c1-11(2)17(21)9-7-12(3)16-10-18(22)14(5)15-8-6-13(4)19(15)20(16)23/h6,12,15-23H,1,5,7-10H2,2-4H3/t12-,15+,16+,17+,18+,19-,20-/m0/s1. The molecular weight excluding hydrogens is 288 g/mol. The first-order valence-electron chi connectivity index (χ1n) is 8.79. The Bertz CT molecular complexity index is 493. The van der Waals surface area contributed by atoms with Gasteiger partial charge in [-0.05, 0) is 62.9 Å². The quantitative estimate of drug-likeness (QED) is 0.682. The lowest BCUT2D eigenvalue weighted by Crippen LogP contribution is -2.35. The Kier molecular flexibility index (Phi) is 5.88. The molecule has 1 saturated carbocycles. The maximum Gasteiger partial charge on any atom is 0.0754 e. The van der Waals surface area contributed by atoms with Gasteiger partial charge in [-0.3, -0.25) is 0 Å². The van der Waals surface area contributed by atoms with Crippen molar-refractivity contribution in [2.45, 2.75) is 64.8 Å². The van der Waals surface area contributed by atoms with Crippen LogP contribution in [0, 0.1) is 23.7 Å². The van der Waals surface area contributed by atoms with Gasteiger partial charge in [-0.1, -0.05) is 37.3 Å². The Balaban J connectivity index is 2.12. The van der Waals surface area contributed by atoms with Crippen molar-refractivity contribution >= 4 is 0 Å². The Morgan fingerprint density at radius 3 is 2.61 bits per heavy atom. The van der Waals surface area contributed by atoms with E-state index < -0.39 is 18.3 Å². The van der Waals surface area contributed by atoms with E-state index in [-0.39, 0.29) is 23.7 Å². The summed E-state index contributed by atoms with van der Waals surface area (Å²) in [6.07, 6.45) is 3.59. The summed E-state index contributed by atoms with van der Waals surface area (Å²) >= 11 is 0. The Labute approximate surface area is 140 Å². The Morgan fingerprint density at radius 2 is 2.00 bits per heavy atom. The lowest BCUT2D eigenvalue weighted by Gasteiger charge is -2.33. The van der Waals surface area contributed by atoms with Gasteiger partial charge in [0, 0.05) is 5.92 Å². The van der Waals surface area contributed by atoms with Crippen molar-refractivity contribution in [3.8, 4) is 0 Å². The molecule has 0 amide bonds. The van der Waals surface area contributed by atoms with Crippen molar-refractivity contribution in [2.24, 2.45) is 23.7 Å². The van der Waals surface area contributed by atoms with Gasteiger partial charge in [0.2, 0.25) is 0 Å². The minimum Gasteiger partial charge on any atom is -0.392 e. The van der Waals surface area contributed by atoms with Crippen LogP contribution in [0.1, 0.15) is 46.5 Å². The molecule has 0 radical (unpaired) electrons. The highest BCUT2D eigenvalue weighted by Crippen LogP contribution is 2.47. The molecule has 0 aromatic rings. The van der Waals surface area contributed by atoms with Crippen LogP contribution in [0.15, 0.2) is 36.0 Å². The van der Waals surface area contributed by atoms with E-state index in [1.807, 2.05) is 6.92 Å². The first kappa shape index (κ1) is 18.4. The number of fused-ring (bicyclic) bond motifs is 1. The summed E-state index contributed by atoms with van der Waals surface area (Å²) in [7, 11) is 0. The van der Waals surface area contributed by atoms with Crippen LogP contribution in [0.5, 0.6) is 0 Å². The topological polar surface area (TPSA) is 60.7 Å². The van der Waals surface area contributed by atoms with Crippen LogP contribution in [0.2, 0.25) is 0 Å². The molecule has 7 atom stereocenters. The van der Waals surface area contributed by atoms with Gasteiger partial charge in [0.1, 0.15) is 0 Å². The molecule has 0 heterocycles. The van der Waals surface area contributed by atoms with Crippen LogP contribution in [0.3, 0.4) is 0 Å². The second kappa shape index (κ2) is 7.33. The number of hydrogen-bond acceptors (Lipinski definition) is 3. The molecule has 23 heavy (non-hydrogen) atoms. The van der Waals surface area contributed by atoms with E-state index in [4.69, 9.17) is 0 Å². The van der Waals surface area contributed by atoms with Crippen LogP contribution in [0.25, 0.3) is 0 Å². The van der Waals surface area contributed by atoms with Gasteiger partial charge in [0.15, 0.2) is 0 Å². The predicted molar refractivity (Wildman–Crippen MR) is 93.8 cm³/mol. The van der Waals surface area contributed by atoms with E-state index in [2.05, 4.69) is 33.1 Å². The van der Waals surface area contributed by atoms with Crippen molar-refractivity contribution in [3.63, 3.8) is 0 Å². The second-order valence-electron chi connectivity index (χ2n) is 7.71. The summed E-state index contributed by atoms with van der Waals surface area (Å²) in [4.78, 5) is 0. The molecule has 2 aliphatic carbocycles. The fourth-order valence-electron chi connectivity index (χ4n) is 4.31. The number of aliphatic hydroxyl groups excluding tert-OH is 3. The number of rotatable bonds is 5. The third kappa shape index (κ3) is 3.78. The number of allylic oxidation sites excluding steroid dienone is 1. The number of aliphatic hydroxyl groups is 3. The molecule has 0 aliphatic heterocycles. The smallest absolute Gasteiger partial charge is 0.0754 e. The molecule has 0 spiro atoms. The van der Waals surface area contributed by atoms with Gasteiger partial charge < -0.3 is 15.3 Å². The van der Waals surface area contributed by atoms with Crippen molar-refractivity contribution in [1.82, 2.24) is 0 Å². The highest BCUT2D eigenvalue weighted by molar-refractivity contribution is 5.26. The normalized spacial score (nSPS) is 36.9. The molecule has 2 aliphatic rings. The largest absolute Gasteiger partial charge is 0.392 e. The fraction of sp³-hybridized carbons (Fsp3) is 0.700. The molecule has 3 N–H and O–H groups in total. The summed E-state index contributed by atoms with van der Waals surface area (Å²) in [5.41, 5.74) is 2.87. The SMILES string of the molecule is C=C(C)[C@H](O)CC[C@H](C)[C@H]1C[C@@H](O)C(=C)[C@H]2CC=C(C)[C@@H]2[C@H]1O. The van der Waals surface area contributed by atoms with Crippen LogP contribution < -0.4 is 0 Å². The molecule has 0 aromatic carbocycles. The van der Waals surface area contributed by atoms with E-state index in [0.29, 0.717) is 12.8 Å². The summed E-state index contributed by atoms with van der Waals surface area (Å²) in [5.74, 6) is 0.500. The summed E-state index contributed by atoms with van der Waals surface area (Å²) in [6, 6.07) is 0. The summed E-state index contributed by atoms with van der Waals surface area (Å²) in [6.45, 7) is 13.9. The van der Waals surface area contributed by atoms with E-state index >= 15 is 0 Å². The molecule has 2 rings (SSSR count). The molecule has 1 fully saturated rings. The average molecular weight is 320 g/mol. The molecule has 3 nitrogen and oxygen atoms in total. The first-order valence-corrected chi connectivity index (χ1v) is 8.79. The van der Waals surface area contributed by atoms with Crippen molar-refractivity contribution in [2.75, 3.05) is 0 Å². The zero-order chi connectivity index (χ0) is 17.3. The van der Waals surface area contributed by atoms with Crippen LogP contribution >= 0.6 is 0 Å². The summed E-state index contributed by atoms with van der Waals surface area (Å²) in [5, 5.41) is 31.4. The highest BCUT2D eigenvalue weighted by atomic mass is 16.3. The van der Waals surface area contributed by atoms with Gasteiger partial charge in [-0.25, -0.2) is 0 Å². The zero-order valence-corrected chi connectivity index (χ0v) is 14.7. The molecule has 0 aromatic heterocycles. The minimum atomic E-state index is -0.544. The maximum absolute atomic E-state index is 11.0. The van der Waals surface area contributed by atoms with Gasteiger partial charge in [-0.15, -0.1) is 0 Å². The van der Waals surface area contributed by atoms with E-state index in [1.54, 1.807) is 0 Å². The van der Waals surface area contributed by atoms with Crippen molar-refractivity contribution in [3.05, 3.63) is 36.0 Å². The molecular formula is C20H32O3. The second-order valence-corrected chi connectivity index (χ2v) is 7.71. The van der Waals surface area contributed by atoms with E-state index in [9.17, 15) is 15.3 Å². The van der Waals surface area contributed by atoms with Crippen molar-refractivity contribution in [1.29, 1.82) is 0 Å². The van der Waals surface area contributed by atoms with Crippen LogP contribution in [-0.4, -0.2) is 33.6 Å². The minimum absolute atomic E-state index is 0.0236. The zero-order valence-electron chi connectivity index (χ0n) is 14.7. The third-order valence-corrected chi connectivity index (χ3v) is 6.05. The van der Waals surface area contributed by atoms with Gasteiger partial charge in [0.05, 0.1) is 18.3 Å².